The summed E-state index contributed by atoms with van der Waals surface area (Å²) in [6, 6.07) is -1.21. The van der Waals surface area contributed by atoms with Crippen molar-refractivity contribution in [2.75, 3.05) is 32.7 Å². The number of likely N-dealkylation sites (tertiary alicyclic amines) is 2. The van der Waals surface area contributed by atoms with Crippen LogP contribution in [0.1, 0.15) is 53.4 Å². The summed E-state index contributed by atoms with van der Waals surface area (Å²) >= 11 is 0. The number of allylic oxidation sites excluding steroid dienone is 1. The Morgan fingerprint density at radius 1 is 1.06 bits per heavy atom. The summed E-state index contributed by atoms with van der Waals surface area (Å²) in [6.07, 6.45) is 5.86. The number of carboxylic acid groups (broad SMARTS) is 1. The van der Waals surface area contributed by atoms with Crippen LogP contribution < -0.4 is 10.6 Å². The number of rotatable bonds is 7. The van der Waals surface area contributed by atoms with Crippen molar-refractivity contribution in [3.05, 3.63) is 12.2 Å². The van der Waals surface area contributed by atoms with Crippen molar-refractivity contribution in [3.63, 3.8) is 0 Å². The van der Waals surface area contributed by atoms with Gasteiger partial charge >= 0.3 is 12.1 Å². The van der Waals surface area contributed by atoms with Crippen LogP contribution in [0, 0.1) is 11.8 Å². The van der Waals surface area contributed by atoms with Gasteiger partial charge in [-0.1, -0.05) is 6.08 Å². The fraction of sp³-hybridized carbons (Fsp3) is 0.708. The maximum atomic E-state index is 12.7. The van der Waals surface area contributed by atoms with E-state index in [9.17, 15) is 24.0 Å². The Balaban J connectivity index is 1.80. The highest BCUT2D eigenvalue weighted by Gasteiger charge is 2.30. The zero-order valence-electron chi connectivity index (χ0n) is 21.0. The fourth-order valence-electron chi connectivity index (χ4n) is 4.11. The minimum atomic E-state index is -1.23. The molecule has 0 aliphatic carbocycles. The third-order valence-corrected chi connectivity index (χ3v) is 5.96. The number of amides is 4. The van der Waals surface area contributed by atoms with Gasteiger partial charge in [-0.15, -0.1) is 0 Å². The maximum Gasteiger partial charge on any atom is 0.410 e. The molecule has 0 bridgehead atoms. The van der Waals surface area contributed by atoms with E-state index in [1.54, 1.807) is 15.9 Å². The van der Waals surface area contributed by atoms with E-state index in [1.165, 1.54) is 6.92 Å². The van der Waals surface area contributed by atoms with Crippen LogP contribution in [-0.2, 0) is 23.9 Å². The average molecular weight is 495 g/mol. The summed E-state index contributed by atoms with van der Waals surface area (Å²) in [5.41, 5.74) is -0.535. The third kappa shape index (κ3) is 9.58. The minimum Gasteiger partial charge on any atom is -0.480 e. The Hall–Kier alpha value is -3.11. The predicted octanol–water partition coefficient (Wildman–Crippen LogP) is 1.13. The van der Waals surface area contributed by atoms with Gasteiger partial charge in [0.2, 0.25) is 17.7 Å². The molecule has 11 heteroatoms. The molecule has 2 atom stereocenters. The van der Waals surface area contributed by atoms with Gasteiger partial charge in [-0.05, 0) is 58.4 Å². The van der Waals surface area contributed by atoms with E-state index in [4.69, 9.17) is 9.84 Å². The molecule has 0 aromatic carbocycles. The number of ether oxygens (including phenoxy) is 1. The van der Waals surface area contributed by atoms with E-state index in [-0.39, 0.29) is 36.9 Å². The van der Waals surface area contributed by atoms with E-state index >= 15 is 0 Å². The fourth-order valence-corrected chi connectivity index (χ4v) is 4.11. The molecule has 2 saturated heterocycles. The first-order valence-corrected chi connectivity index (χ1v) is 12.1. The van der Waals surface area contributed by atoms with Crippen LogP contribution in [0.4, 0.5) is 4.79 Å². The van der Waals surface area contributed by atoms with E-state index in [0.29, 0.717) is 32.5 Å². The summed E-state index contributed by atoms with van der Waals surface area (Å²) in [4.78, 5) is 63.1. The van der Waals surface area contributed by atoms with Gasteiger partial charge in [0.25, 0.3) is 0 Å². The number of nitrogens with one attached hydrogen (secondary N) is 2. The van der Waals surface area contributed by atoms with Crippen molar-refractivity contribution in [3.8, 4) is 0 Å². The molecule has 0 aromatic rings. The summed E-state index contributed by atoms with van der Waals surface area (Å²) in [5.74, 6) is -2.49. The normalized spacial score (nSPS) is 20.3. The highest BCUT2D eigenvalue weighted by Crippen LogP contribution is 2.22. The Bertz CT molecular complexity index is 828. The zero-order chi connectivity index (χ0) is 26.2. The number of hydrogen-bond donors (Lipinski definition) is 3. The average Bonchev–Trinajstić information content (AvgIpc) is 2.78. The zero-order valence-corrected chi connectivity index (χ0v) is 21.0. The summed E-state index contributed by atoms with van der Waals surface area (Å²) < 4.78 is 5.41. The first-order valence-electron chi connectivity index (χ1n) is 12.1. The number of piperidine rings is 2. The van der Waals surface area contributed by atoms with E-state index < -0.39 is 29.4 Å². The van der Waals surface area contributed by atoms with Gasteiger partial charge in [0.05, 0.1) is 5.92 Å². The van der Waals surface area contributed by atoms with Crippen molar-refractivity contribution < 1.29 is 33.8 Å². The summed E-state index contributed by atoms with van der Waals surface area (Å²) in [5, 5.41) is 14.0. The lowest BCUT2D eigenvalue weighted by molar-refractivity contribution is -0.141. The molecule has 2 fully saturated rings. The smallest absolute Gasteiger partial charge is 0.410 e. The molecule has 4 amide bonds. The van der Waals surface area contributed by atoms with Crippen LogP contribution in [0.15, 0.2) is 12.2 Å². The van der Waals surface area contributed by atoms with Gasteiger partial charge < -0.3 is 30.3 Å². The molecule has 0 saturated carbocycles. The second-order valence-electron chi connectivity index (χ2n) is 10.1. The predicted molar refractivity (Wildman–Crippen MR) is 127 cm³/mol. The Kier molecular flexibility index (Phi) is 10.1. The lowest BCUT2D eigenvalue weighted by Gasteiger charge is -2.33. The van der Waals surface area contributed by atoms with Crippen molar-refractivity contribution in [2.45, 2.75) is 65.0 Å². The molecule has 11 nitrogen and oxygen atoms in total. The molecule has 35 heavy (non-hydrogen) atoms. The van der Waals surface area contributed by atoms with Crippen LogP contribution in [0.25, 0.3) is 0 Å². The first-order chi connectivity index (χ1) is 16.4. The number of carbonyl (C=O) groups is 5. The Morgan fingerprint density at radius 2 is 1.71 bits per heavy atom. The third-order valence-electron chi connectivity index (χ3n) is 5.96. The Labute approximate surface area is 206 Å². The molecule has 0 aromatic heterocycles. The largest absolute Gasteiger partial charge is 0.480 e. The SMILES string of the molecule is CC(=O)NC(CNC(=O)[C@@H]1CCCN(C(=O)/C=C/C2CCN(C(=O)OC(C)(C)C)CC2)C1)C(=O)O. The van der Waals surface area contributed by atoms with E-state index in [1.807, 2.05) is 26.8 Å². The van der Waals surface area contributed by atoms with Gasteiger partial charge in [0.15, 0.2) is 0 Å². The van der Waals surface area contributed by atoms with Crippen molar-refractivity contribution in [1.82, 2.24) is 20.4 Å². The molecule has 2 heterocycles. The molecule has 0 spiro atoms. The molecule has 2 rings (SSSR count). The number of carbonyl (C=O) groups excluding carboxylic acids is 4. The van der Waals surface area contributed by atoms with Crippen LogP contribution in [-0.4, -0.2) is 89.1 Å². The van der Waals surface area contributed by atoms with Gasteiger partial charge in [0, 0.05) is 39.6 Å². The van der Waals surface area contributed by atoms with Crippen molar-refractivity contribution >= 4 is 29.8 Å². The number of carboxylic acids is 1. The quantitative estimate of drug-likeness (QED) is 0.450. The first kappa shape index (κ1) is 28.1. The molecular weight excluding hydrogens is 456 g/mol. The minimum absolute atomic E-state index is 0.168. The lowest BCUT2D eigenvalue weighted by atomic mass is 9.95. The Morgan fingerprint density at radius 3 is 2.29 bits per heavy atom. The van der Waals surface area contributed by atoms with Crippen LogP contribution >= 0.6 is 0 Å². The lowest BCUT2D eigenvalue weighted by Crippen LogP contribution is -2.50. The summed E-state index contributed by atoms with van der Waals surface area (Å²) in [7, 11) is 0. The van der Waals surface area contributed by atoms with Gasteiger partial charge in [-0.2, -0.15) is 0 Å². The van der Waals surface area contributed by atoms with Crippen LogP contribution in [0.2, 0.25) is 0 Å². The van der Waals surface area contributed by atoms with E-state index in [0.717, 1.165) is 12.8 Å². The summed E-state index contributed by atoms with van der Waals surface area (Å²) in [6.45, 7) is 8.43. The molecule has 3 N–H and O–H groups in total. The van der Waals surface area contributed by atoms with Crippen molar-refractivity contribution in [2.24, 2.45) is 11.8 Å². The van der Waals surface area contributed by atoms with Gasteiger partial charge in [-0.3, -0.25) is 14.4 Å². The molecule has 2 aliphatic heterocycles. The maximum absolute atomic E-state index is 12.7. The van der Waals surface area contributed by atoms with Gasteiger partial charge in [0.1, 0.15) is 11.6 Å². The van der Waals surface area contributed by atoms with Crippen molar-refractivity contribution in [1.29, 1.82) is 0 Å². The van der Waals surface area contributed by atoms with Crippen LogP contribution in [0.3, 0.4) is 0 Å². The highest BCUT2D eigenvalue weighted by atomic mass is 16.6. The molecule has 2 aliphatic rings. The topological polar surface area (TPSA) is 145 Å². The molecule has 196 valence electrons. The van der Waals surface area contributed by atoms with E-state index in [2.05, 4.69) is 10.6 Å². The number of hydrogen-bond acceptors (Lipinski definition) is 6. The highest BCUT2D eigenvalue weighted by molar-refractivity contribution is 5.89. The number of nitrogens with zero attached hydrogens (tertiary/aromatic N) is 2. The molecular formula is C24H38N4O7. The van der Waals surface area contributed by atoms with Crippen LogP contribution in [0.5, 0.6) is 0 Å². The standard InChI is InChI=1S/C24H38N4O7/c1-16(29)26-19(22(32)33)14-25-21(31)18-6-5-11-28(15-18)20(30)8-7-17-9-12-27(13-10-17)23(34)35-24(2,3)4/h7-8,17-19H,5-6,9-15H2,1-4H3,(H,25,31)(H,26,29)(H,32,33)/b8-7+/t18-,19?/m1/s1. The second-order valence-corrected chi connectivity index (χ2v) is 10.1. The molecule has 0 radical (unpaired) electrons. The second kappa shape index (κ2) is 12.6. The molecule has 1 unspecified atom stereocenters. The van der Waals surface area contributed by atoms with Gasteiger partial charge in [-0.25, -0.2) is 9.59 Å². The number of aliphatic carboxylic acids is 1. The monoisotopic (exact) mass is 494 g/mol.